The van der Waals surface area contributed by atoms with E-state index in [0.717, 1.165) is 10.0 Å². The van der Waals surface area contributed by atoms with E-state index >= 15 is 0 Å². The molecule has 1 amide bonds. The lowest BCUT2D eigenvalue weighted by atomic mass is 10.1. The molecule has 2 aromatic rings. The van der Waals surface area contributed by atoms with Crippen molar-refractivity contribution in [1.29, 1.82) is 5.26 Å². The van der Waals surface area contributed by atoms with E-state index in [1.807, 2.05) is 19.1 Å². The monoisotopic (exact) mass is 318 g/mol. The highest BCUT2D eigenvalue weighted by Crippen LogP contribution is 2.19. The maximum atomic E-state index is 12.1. The third-order valence-corrected chi connectivity index (χ3v) is 3.47. The summed E-state index contributed by atoms with van der Waals surface area (Å²) in [4.78, 5) is 12.1. The molecule has 5 nitrogen and oxygen atoms in total. The summed E-state index contributed by atoms with van der Waals surface area (Å²) in [5, 5.41) is 15.6. The summed E-state index contributed by atoms with van der Waals surface area (Å²) in [6, 6.07) is 7.30. The van der Waals surface area contributed by atoms with Crippen LogP contribution in [0.1, 0.15) is 21.5 Å². The van der Waals surface area contributed by atoms with Crippen molar-refractivity contribution in [3.05, 3.63) is 45.6 Å². The minimum atomic E-state index is -0.295. The molecule has 0 fully saturated rings. The molecular weight excluding hydrogens is 308 g/mol. The zero-order valence-corrected chi connectivity index (χ0v) is 12.0. The number of nitriles is 1. The van der Waals surface area contributed by atoms with E-state index < -0.39 is 0 Å². The predicted molar refractivity (Wildman–Crippen MR) is 74.8 cm³/mol. The Kier molecular flexibility index (Phi) is 3.67. The Morgan fingerprint density at radius 2 is 2.26 bits per heavy atom. The molecule has 2 rings (SSSR count). The average molecular weight is 319 g/mol. The van der Waals surface area contributed by atoms with Gasteiger partial charge < -0.3 is 5.32 Å². The molecule has 1 aromatic carbocycles. The molecule has 96 valence electrons. The van der Waals surface area contributed by atoms with Crippen molar-refractivity contribution in [2.24, 2.45) is 7.05 Å². The highest BCUT2D eigenvalue weighted by Gasteiger charge is 2.13. The van der Waals surface area contributed by atoms with Gasteiger partial charge in [-0.25, -0.2) is 0 Å². The number of rotatable bonds is 2. The Morgan fingerprint density at radius 1 is 1.53 bits per heavy atom. The SMILES string of the molecule is Cc1ccc(C(=O)Nc2nn(C)cc2C#N)cc1Br. The smallest absolute Gasteiger partial charge is 0.256 e. The summed E-state index contributed by atoms with van der Waals surface area (Å²) in [6.45, 7) is 1.94. The van der Waals surface area contributed by atoms with Gasteiger partial charge in [0.25, 0.3) is 5.91 Å². The highest BCUT2D eigenvalue weighted by atomic mass is 79.9. The van der Waals surface area contributed by atoms with E-state index in [-0.39, 0.29) is 11.7 Å². The maximum Gasteiger partial charge on any atom is 0.256 e. The number of nitrogens with zero attached hydrogens (tertiary/aromatic N) is 3. The lowest BCUT2D eigenvalue weighted by molar-refractivity contribution is 0.102. The summed E-state index contributed by atoms with van der Waals surface area (Å²) in [7, 11) is 1.69. The fraction of sp³-hybridized carbons (Fsp3) is 0.154. The highest BCUT2D eigenvalue weighted by molar-refractivity contribution is 9.10. The van der Waals surface area contributed by atoms with E-state index in [2.05, 4.69) is 26.3 Å². The number of aromatic nitrogens is 2. The fourth-order valence-corrected chi connectivity index (χ4v) is 1.96. The quantitative estimate of drug-likeness (QED) is 0.925. The van der Waals surface area contributed by atoms with Gasteiger partial charge in [-0.2, -0.15) is 10.4 Å². The zero-order valence-electron chi connectivity index (χ0n) is 10.4. The number of anilines is 1. The van der Waals surface area contributed by atoms with Gasteiger partial charge in [-0.3, -0.25) is 9.48 Å². The number of carbonyl (C=O) groups is 1. The van der Waals surface area contributed by atoms with Crippen LogP contribution in [0.4, 0.5) is 5.82 Å². The number of hydrogen-bond donors (Lipinski definition) is 1. The second-order valence-electron chi connectivity index (χ2n) is 4.09. The minimum absolute atomic E-state index is 0.270. The largest absolute Gasteiger partial charge is 0.304 e. The van der Waals surface area contributed by atoms with Gasteiger partial charge in [-0.1, -0.05) is 22.0 Å². The van der Waals surface area contributed by atoms with Gasteiger partial charge >= 0.3 is 0 Å². The molecule has 0 saturated carbocycles. The molecule has 0 unspecified atom stereocenters. The zero-order chi connectivity index (χ0) is 14.0. The fourth-order valence-electron chi connectivity index (χ4n) is 1.58. The van der Waals surface area contributed by atoms with Crippen LogP contribution in [0, 0.1) is 18.3 Å². The van der Waals surface area contributed by atoms with Gasteiger partial charge in [-0.05, 0) is 24.6 Å². The normalized spacial score (nSPS) is 10.0. The van der Waals surface area contributed by atoms with Gasteiger partial charge in [0, 0.05) is 23.3 Å². The number of benzene rings is 1. The third-order valence-electron chi connectivity index (χ3n) is 2.62. The number of nitrogens with one attached hydrogen (secondary N) is 1. The summed E-state index contributed by atoms with van der Waals surface area (Å²) in [5.74, 6) is -0.0254. The standard InChI is InChI=1S/C13H11BrN4O/c1-8-3-4-9(5-11(8)14)13(19)16-12-10(6-15)7-18(2)17-12/h3-5,7H,1-2H3,(H,16,17,19). The molecule has 0 bridgehead atoms. The first-order valence-electron chi connectivity index (χ1n) is 5.52. The van der Waals surface area contributed by atoms with Crippen LogP contribution >= 0.6 is 15.9 Å². The second-order valence-corrected chi connectivity index (χ2v) is 4.95. The maximum absolute atomic E-state index is 12.1. The Labute approximate surface area is 119 Å². The van der Waals surface area contributed by atoms with Gasteiger partial charge in [0.15, 0.2) is 5.82 Å². The van der Waals surface area contributed by atoms with Crippen LogP contribution in [0.25, 0.3) is 0 Å². The van der Waals surface area contributed by atoms with Gasteiger partial charge in [0.05, 0.1) is 0 Å². The summed E-state index contributed by atoms with van der Waals surface area (Å²) < 4.78 is 2.35. The topological polar surface area (TPSA) is 70.7 Å². The molecule has 19 heavy (non-hydrogen) atoms. The van der Waals surface area contributed by atoms with E-state index in [0.29, 0.717) is 11.1 Å². The van der Waals surface area contributed by atoms with Crippen molar-refractivity contribution in [3.8, 4) is 6.07 Å². The molecule has 0 radical (unpaired) electrons. The van der Waals surface area contributed by atoms with Crippen molar-refractivity contribution in [3.63, 3.8) is 0 Å². The molecular formula is C13H11BrN4O. The van der Waals surface area contributed by atoms with Crippen LogP contribution in [0.2, 0.25) is 0 Å². The van der Waals surface area contributed by atoms with Crippen LogP contribution in [0.15, 0.2) is 28.9 Å². The number of hydrogen-bond acceptors (Lipinski definition) is 3. The van der Waals surface area contributed by atoms with E-state index in [4.69, 9.17) is 5.26 Å². The van der Waals surface area contributed by atoms with Crippen LogP contribution < -0.4 is 5.32 Å². The van der Waals surface area contributed by atoms with Gasteiger partial charge in [0.2, 0.25) is 0 Å². The van der Waals surface area contributed by atoms with E-state index in [9.17, 15) is 4.79 Å². The second kappa shape index (κ2) is 5.24. The first-order chi connectivity index (χ1) is 9.01. The van der Waals surface area contributed by atoms with Crippen molar-refractivity contribution in [2.75, 3.05) is 5.32 Å². The first kappa shape index (κ1) is 13.3. The Hall–Kier alpha value is -2.13. The molecule has 1 N–H and O–H groups in total. The Balaban J connectivity index is 2.26. The van der Waals surface area contributed by atoms with E-state index in [1.165, 1.54) is 4.68 Å². The summed E-state index contributed by atoms with van der Waals surface area (Å²) in [5.41, 5.74) is 1.89. The minimum Gasteiger partial charge on any atom is -0.304 e. The predicted octanol–water partition coefficient (Wildman–Crippen LogP) is 2.62. The molecule has 0 atom stereocenters. The van der Waals surface area contributed by atoms with Crippen LogP contribution in [0.5, 0.6) is 0 Å². The molecule has 6 heteroatoms. The molecule has 1 aromatic heterocycles. The average Bonchev–Trinajstić information content (AvgIpc) is 2.72. The number of aryl methyl sites for hydroxylation is 2. The lowest BCUT2D eigenvalue weighted by Crippen LogP contribution is -2.13. The lowest BCUT2D eigenvalue weighted by Gasteiger charge is -2.04. The summed E-state index contributed by atoms with van der Waals surface area (Å²) >= 11 is 3.38. The number of amides is 1. The van der Waals surface area contributed by atoms with Gasteiger partial charge in [-0.15, -0.1) is 0 Å². The van der Waals surface area contributed by atoms with Gasteiger partial charge in [0.1, 0.15) is 11.6 Å². The third kappa shape index (κ3) is 2.83. The number of halogens is 1. The van der Waals surface area contributed by atoms with Crippen molar-refractivity contribution < 1.29 is 4.79 Å². The summed E-state index contributed by atoms with van der Waals surface area (Å²) in [6.07, 6.45) is 1.56. The Bertz CT molecular complexity index is 684. The molecule has 0 spiro atoms. The van der Waals surface area contributed by atoms with E-state index in [1.54, 1.807) is 25.4 Å². The van der Waals surface area contributed by atoms with Crippen molar-refractivity contribution >= 4 is 27.7 Å². The molecule has 0 saturated heterocycles. The Morgan fingerprint density at radius 3 is 2.89 bits per heavy atom. The first-order valence-corrected chi connectivity index (χ1v) is 6.32. The van der Waals surface area contributed by atoms with Crippen LogP contribution in [-0.2, 0) is 7.05 Å². The molecule has 0 aliphatic rings. The van der Waals surface area contributed by atoms with Crippen LogP contribution in [-0.4, -0.2) is 15.7 Å². The molecule has 1 heterocycles. The van der Waals surface area contributed by atoms with Crippen molar-refractivity contribution in [2.45, 2.75) is 6.92 Å². The van der Waals surface area contributed by atoms with Crippen LogP contribution in [0.3, 0.4) is 0 Å². The number of carbonyl (C=O) groups excluding carboxylic acids is 1. The molecule has 0 aliphatic carbocycles. The molecule has 0 aliphatic heterocycles. The van der Waals surface area contributed by atoms with Crippen molar-refractivity contribution in [1.82, 2.24) is 9.78 Å².